The Morgan fingerprint density at radius 2 is 1.58 bits per heavy atom. The molecule has 8 heteroatoms. The molecule has 1 heterocycles. The van der Waals surface area contributed by atoms with E-state index >= 15 is 0 Å². The Hall–Kier alpha value is -3.95. The van der Waals surface area contributed by atoms with Crippen LogP contribution in [0.3, 0.4) is 0 Å². The van der Waals surface area contributed by atoms with E-state index in [2.05, 4.69) is 12.2 Å². The van der Waals surface area contributed by atoms with Crippen LogP contribution in [0, 0.1) is 5.92 Å². The number of para-hydroxylation sites is 1. The average Bonchev–Trinajstić information content (AvgIpc) is 3.02. The number of aliphatic hydroxyl groups is 1. The monoisotopic (exact) mass is 596 g/mol. The standard InChI is InChI=1S/C35H36N2O5S/c1-22-31(21-43-32-9-4-3-8-30(32)36)41-35(42-34(22)26-14-12-25(20-38)13-15-26)27-16-10-24(11-17-27)18-33(40)37-29-7-5-6-28(19-29)23(2)39/h3-17,19,22,31,34-35,38H,18,20-21,36H2,1-2H3,(H,37,40). The van der Waals surface area contributed by atoms with Gasteiger partial charge in [-0.05, 0) is 47.9 Å². The van der Waals surface area contributed by atoms with Gasteiger partial charge in [-0.2, -0.15) is 0 Å². The molecule has 0 saturated carbocycles. The second-order valence-electron chi connectivity index (χ2n) is 10.8. The molecule has 1 amide bonds. The van der Waals surface area contributed by atoms with Gasteiger partial charge in [0.05, 0.1) is 25.2 Å². The van der Waals surface area contributed by atoms with Gasteiger partial charge in [0.25, 0.3) is 0 Å². The summed E-state index contributed by atoms with van der Waals surface area (Å²) < 4.78 is 13.1. The number of amides is 1. The van der Waals surface area contributed by atoms with Crippen molar-refractivity contribution in [3.05, 3.63) is 125 Å². The summed E-state index contributed by atoms with van der Waals surface area (Å²) in [4.78, 5) is 25.4. The molecule has 4 aromatic rings. The molecule has 5 rings (SSSR count). The molecule has 7 nitrogen and oxygen atoms in total. The third-order valence-corrected chi connectivity index (χ3v) is 8.79. The van der Waals surface area contributed by atoms with Crippen molar-refractivity contribution in [1.82, 2.24) is 0 Å². The molecule has 0 spiro atoms. The number of rotatable bonds is 10. The number of ketones is 1. The maximum absolute atomic E-state index is 12.7. The summed E-state index contributed by atoms with van der Waals surface area (Å²) in [7, 11) is 0. The molecule has 1 aliphatic heterocycles. The Labute approximate surface area is 256 Å². The molecule has 0 radical (unpaired) electrons. The fraction of sp³-hybridized carbons (Fsp3) is 0.257. The lowest BCUT2D eigenvalue weighted by molar-refractivity contribution is -0.268. The number of carbonyl (C=O) groups excluding carboxylic acids is 2. The fourth-order valence-corrected chi connectivity index (χ4v) is 6.23. The quantitative estimate of drug-likeness (QED) is 0.106. The van der Waals surface area contributed by atoms with E-state index < -0.39 is 6.29 Å². The van der Waals surface area contributed by atoms with Gasteiger partial charge in [0.2, 0.25) is 5.91 Å². The smallest absolute Gasteiger partial charge is 0.228 e. The van der Waals surface area contributed by atoms with Crippen LogP contribution < -0.4 is 11.1 Å². The summed E-state index contributed by atoms with van der Waals surface area (Å²) >= 11 is 1.67. The van der Waals surface area contributed by atoms with Crippen LogP contribution in [0.15, 0.2) is 102 Å². The summed E-state index contributed by atoms with van der Waals surface area (Å²) in [6, 6.07) is 30.3. The SMILES string of the molecule is CC(=O)c1cccc(NC(=O)Cc2ccc(C3OC(CSc4ccccc4N)C(C)C(c4ccc(CO)cc4)O3)cc2)c1. The van der Waals surface area contributed by atoms with E-state index in [4.69, 9.17) is 15.2 Å². The number of Topliss-reactive ketones (excluding diaryl/α,β-unsaturated/α-hetero) is 1. The van der Waals surface area contributed by atoms with Crippen molar-refractivity contribution >= 4 is 34.8 Å². The first kappa shape index (κ1) is 30.5. The number of ether oxygens (including phenoxy) is 2. The molecule has 222 valence electrons. The van der Waals surface area contributed by atoms with Crippen LogP contribution in [-0.2, 0) is 27.3 Å². The zero-order chi connectivity index (χ0) is 30.3. The highest BCUT2D eigenvalue weighted by atomic mass is 32.2. The Balaban J connectivity index is 1.30. The zero-order valence-electron chi connectivity index (χ0n) is 24.2. The molecular weight excluding hydrogens is 560 g/mol. The lowest BCUT2D eigenvalue weighted by Crippen LogP contribution is -2.38. The number of carbonyl (C=O) groups is 2. The maximum Gasteiger partial charge on any atom is 0.228 e. The van der Waals surface area contributed by atoms with Gasteiger partial charge in [0.15, 0.2) is 12.1 Å². The van der Waals surface area contributed by atoms with Crippen molar-refractivity contribution < 1.29 is 24.2 Å². The number of hydrogen-bond acceptors (Lipinski definition) is 7. The van der Waals surface area contributed by atoms with E-state index in [0.29, 0.717) is 17.0 Å². The second-order valence-corrected chi connectivity index (χ2v) is 11.8. The summed E-state index contributed by atoms with van der Waals surface area (Å²) in [5.41, 5.74) is 11.6. The fourth-order valence-electron chi connectivity index (χ4n) is 5.09. The Morgan fingerprint density at radius 3 is 2.28 bits per heavy atom. The van der Waals surface area contributed by atoms with Crippen LogP contribution in [0.4, 0.5) is 11.4 Å². The van der Waals surface area contributed by atoms with E-state index in [1.807, 2.05) is 72.8 Å². The van der Waals surface area contributed by atoms with Gasteiger partial charge in [-0.3, -0.25) is 9.59 Å². The number of benzene rings is 4. The summed E-state index contributed by atoms with van der Waals surface area (Å²) in [5, 5.41) is 12.4. The minimum Gasteiger partial charge on any atom is -0.398 e. The number of aliphatic hydroxyl groups excluding tert-OH is 1. The number of nitrogens with two attached hydrogens (primary N) is 1. The van der Waals surface area contributed by atoms with Crippen molar-refractivity contribution in [2.24, 2.45) is 5.92 Å². The van der Waals surface area contributed by atoms with Crippen molar-refractivity contribution in [3.63, 3.8) is 0 Å². The van der Waals surface area contributed by atoms with Gasteiger partial charge in [0.1, 0.15) is 0 Å². The number of nitrogen functional groups attached to an aromatic ring is 1. The van der Waals surface area contributed by atoms with Gasteiger partial charge in [0, 0.05) is 39.1 Å². The van der Waals surface area contributed by atoms with Crippen LogP contribution in [0.1, 0.15) is 58.9 Å². The Kier molecular flexibility index (Phi) is 9.94. The lowest BCUT2D eigenvalue weighted by atomic mass is 9.91. The van der Waals surface area contributed by atoms with Crippen molar-refractivity contribution in [2.45, 2.75) is 50.3 Å². The normalized spacial score (nSPS) is 20.0. The highest BCUT2D eigenvalue weighted by Crippen LogP contribution is 2.43. The number of hydrogen-bond donors (Lipinski definition) is 3. The predicted molar refractivity (Wildman–Crippen MR) is 170 cm³/mol. The van der Waals surface area contributed by atoms with Crippen molar-refractivity contribution in [2.75, 3.05) is 16.8 Å². The van der Waals surface area contributed by atoms with E-state index in [1.165, 1.54) is 6.92 Å². The van der Waals surface area contributed by atoms with Gasteiger partial charge in [-0.15, -0.1) is 11.8 Å². The number of nitrogens with one attached hydrogen (secondary N) is 1. The van der Waals surface area contributed by atoms with Crippen LogP contribution in [0.2, 0.25) is 0 Å². The molecule has 0 aliphatic carbocycles. The molecule has 4 unspecified atom stereocenters. The molecule has 1 saturated heterocycles. The van der Waals surface area contributed by atoms with Crippen LogP contribution in [-0.4, -0.2) is 28.7 Å². The van der Waals surface area contributed by atoms with Crippen molar-refractivity contribution in [1.29, 1.82) is 0 Å². The van der Waals surface area contributed by atoms with Gasteiger partial charge >= 0.3 is 0 Å². The summed E-state index contributed by atoms with van der Waals surface area (Å²) in [6.07, 6.45) is -0.760. The first-order valence-corrected chi connectivity index (χ1v) is 15.3. The third-order valence-electron chi connectivity index (χ3n) is 7.61. The highest BCUT2D eigenvalue weighted by molar-refractivity contribution is 7.99. The van der Waals surface area contributed by atoms with E-state index in [-0.39, 0.29) is 42.8 Å². The Morgan fingerprint density at radius 1 is 0.884 bits per heavy atom. The lowest BCUT2D eigenvalue weighted by Gasteiger charge is -2.41. The first-order valence-electron chi connectivity index (χ1n) is 14.3. The molecule has 43 heavy (non-hydrogen) atoms. The minimum atomic E-state index is -0.602. The molecule has 1 aliphatic rings. The van der Waals surface area contributed by atoms with E-state index in [9.17, 15) is 14.7 Å². The number of anilines is 2. The topological polar surface area (TPSA) is 111 Å². The molecule has 0 bridgehead atoms. The summed E-state index contributed by atoms with van der Waals surface area (Å²) in [6.45, 7) is 3.62. The summed E-state index contributed by atoms with van der Waals surface area (Å²) in [5.74, 6) is 0.528. The Bertz CT molecular complexity index is 1560. The molecule has 0 aromatic heterocycles. The largest absolute Gasteiger partial charge is 0.398 e. The van der Waals surface area contributed by atoms with Gasteiger partial charge in [-0.25, -0.2) is 0 Å². The first-order chi connectivity index (χ1) is 20.8. The van der Waals surface area contributed by atoms with E-state index in [1.54, 1.807) is 36.0 Å². The van der Waals surface area contributed by atoms with Gasteiger partial charge in [-0.1, -0.05) is 79.7 Å². The van der Waals surface area contributed by atoms with Crippen molar-refractivity contribution in [3.8, 4) is 0 Å². The van der Waals surface area contributed by atoms with E-state index in [0.717, 1.165) is 32.8 Å². The van der Waals surface area contributed by atoms with Crippen LogP contribution in [0.5, 0.6) is 0 Å². The van der Waals surface area contributed by atoms with Crippen LogP contribution >= 0.6 is 11.8 Å². The molecule has 4 aromatic carbocycles. The molecular formula is C35H36N2O5S. The van der Waals surface area contributed by atoms with Gasteiger partial charge < -0.3 is 25.6 Å². The second kappa shape index (κ2) is 14.0. The molecule has 4 atom stereocenters. The molecule has 4 N–H and O–H groups in total. The third kappa shape index (κ3) is 7.72. The maximum atomic E-state index is 12.7. The predicted octanol–water partition coefficient (Wildman–Crippen LogP) is 6.73. The zero-order valence-corrected chi connectivity index (χ0v) is 25.1. The number of thioether (sulfide) groups is 1. The average molecular weight is 597 g/mol. The highest BCUT2D eigenvalue weighted by Gasteiger charge is 2.38. The van der Waals surface area contributed by atoms with Crippen LogP contribution in [0.25, 0.3) is 0 Å². The molecule has 1 fully saturated rings. The minimum absolute atomic E-state index is 0.0139.